The van der Waals surface area contributed by atoms with Crippen molar-refractivity contribution >= 4 is 5.91 Å². The van der Waals surface area contributed by atoms with Crippen LogP contribution in [-0.2, 0) is 4.79 Å². The van der Waals surface area contributed by atoms with E-state index in [2.05, 4.69) is 5.43 Å². The smallest absolute Gasteiger partial charge is 0.236 e. The molecule has 0 saturated heterocycles. The van der Waals surface area contributed by atoms with E-state index >= 15 is 0 Å². The number of carbonyl (C=O) groups is 1. The highest BCUT2D eigenvalue weighted by Gasteiger charge is 2.31. The van der Waals surface area contributed by atoms with E-state index in [0.717, 1.165) is 0 Å². The van der Waals surface area contributed by atoms with Crippen molar-refractivity contribution in [3.8, 4) is 0 Å². The van der Waals surface area contributed by atoms with E-state index in [1.54, 1.807) is 0 Å². The van der Waals surface area contributed by atoms with E-state index < -0.39 is 0 Å². The van der Waals surface area contributed by atoms with Crippen molar-refractivity contribution in [3.05, 3.63) is 0 Å². The Labute approximate surface area is 54.6 Å². The third kappa shape index (κ3) is 1.42. The van der Waals surface area contributed by atoms with Crippen molar-refractivity contribution in [3.63, 3.8) is 0 Å². The van der Waals surface area contributed by atoms with Crippen LogP contribution < -0.4 is 11.3 Å². The first-order chi connectivity index (χ1) is 4.25. The van der Waals surface area contributed by atoms with Gasteiger partial charge in [-0.05, 0) is 18.8 Å². The minimum Gasteiger partial charge on any atom is -0.294 e. The molecule has 0 radical (unpaired) electrons. The Morgan fingerprint density at radius 3 is 2.67 bits per heavy atom. The van der Waals surface area contributed by atoms with Crippen molar-refractivity contribution in [1.82, 2.24) is 5.43 Å². The maximum Gasteiger partial charge on any atom is 0.236 e. The fourth-order valence-electron chi connectivity index (χ4n) is 0.942. The van der Waals surface area contributed by atoms with Crippen molar-refractivity contribution in [1.29, 1.82) is 0 Å². The largest absolute Gasteiger partial charge is 0.294 e. The fraction of sp³-hybridized carbons (Fsp3) is 0.833. The first-order valence-corrected chi connectivity index (χ1v) is 3.26. The molecule has 0 aromatic heterocycles. The number of nitrogens with two attached hydrogens (primary N) is 1. The number of carbonyl (C=O) groups excluding carboxylic acids is 1. The van der Waals surface area contributed by atoms with Gasteiger partial charge in [0, 0.05) is 5.92 Å². The van der Waals surface area contributed by atoms with Gasteiger partial charge in [-0.15, -0.1) is 0 Å². The number of rotatable bonds is 2. The summed E-state index contributed by atoms with van der Waals surface area (Å²) in [6.07, 6.45) is 2.38. The molecule has 9 heavy (non-hydrogen) atoms. The van der Waals surface area contributed by atoms with Crippen molar-refractivity contribution in [2.75, 3.05) is 0 Å². The van der Waals surface area contributed by atoms with Gasteiger partial charge in [0.1, 0.15) is 0 Å². The van der Waals surface area contributed by atoms with Gasteiger partial charge in [0.15, 0.2) is 0 Å². The summed E-state index contributed by atoms with van der Waals surface area (Å²) < 4.78 is 0. The van der Waals surface area contributed by atoms with E-state index in [9.17, 15) is 4.79 Å². The Morgan fingerprint density at radius 2 is 2.33 bits per heavy atom. The van der Waals surface area contributed by atoms with Crippen LogP contribution in [0.5, 0.6) is 0 Å². The Hall–Kier alpha value is -0.570. The van der Waals surface area contributed by atoms with Gasteiger partial charge in [0.2, 0.25) is 5.91 Å². The predicted octanol–water partition coefficient (Wildman–Crippen LogP) is 0.0224. The van der Waals surface area contributed by atoms with Crippen LogP contribution >= 0.6 is 0 Å². The molecule has 52 valence electrons. The molecule has 1 unspecified atom stereocenters. The summed E-state index contributed by atoms with van der Waals surface area (Å²) >= 11 is 0. The van der Waals surface area contributed by atoms with Crippen LogP contribution in [0, 0.1) is 11.8 Å². The van der Waals surface area contributed by atoms with E-state index in [1.807, 2.05) is 6.92 Å². The number of hydrazine groups is 1. The second kappa shape index (κ2) is 2.35. The highest BCUT2D eigenvalue weighted by molar-refractivity contribution is 5.78. The maximum absolute atomic E-state index is 10.8. The lowest BCUT2D eigenvalue weighted by molar-refractivity contribution is -0.125. The summed E-state index contributed by atoms with van der Waals surface area (Å²) in [5.41, 5.74) is 2.15. The number of hydrogen-bond donors (Lipinski definition) is 2. The van der Waals surface area contributed by atoms with Crippen LogP contribution in [0.3, 0.4) is 0 Å². The topological polar surface area (TPSA) is 55.1 Å². The second-order valence-electron chi connectivity index (χ2n) is 2.63. The zero-order valence-corrected chi connectivity index (χ0v) is 5.55. The minimum absolute atomic E-state index is 0.0301. The third-order valence-corrected chi connectivity index (χ3v) is 1.88. The van der Waals surface area contributed by atoms with Gasteiger partial charge >= 0.3 is 0 Å². The molecule has 1 aliphatic rings. The van der Waals surface area contributed by atoms with Gasteiger partial charge in [0.05, 0.1) is 0 Å². The average molecular weight is 128 g/mol. The Bertz CT molecular complexity index is 120. The Balaban J connectivity index is 2.30. The van der Waals surface area contributed by atoms with E-state index in [4.69, 9.17) is 5.84 Å². The lowest BCUT2D eigenvalue weighted by atomic mass is 10.1. The normalized spacial score (nSPS) is 21.1. The zero-order chi connectivity index (χ0) is 6.85. The van der Waals surface area contributed by atoms with Crippen molar-refractivity contribution in [2.45, 2.75) is 19.8 Å². The summed E-state index contributed by atoms with van der Waals surface area (Å²) in [5, 5.41) is 0. The Kier molecular flexibility index (Phi) is 1.71. The molecule has 1 rings (SSSR count). The first-order valence-electron chi connectivity index (χ1n) is 3.26. The van der Waals surface area contributed by atoms with Gasteiger partial charge < -0.3 is 0 Å². The van der Waals surface area contributed by atoms with Crippen molar-refractivity contribution in [2.24, 2.45) is 17.7 Å². The molecule has 0 bridgehead atoms. The predicted molar refractivity (Wildman–Crippen MR) is 34.2 cm³/mol. The molecule has 3 nitrogen and oxygen atoms in total. The van der Waals surface area contributed by atoms with Crippen LogP contribution in [0.15, 0.2) is 0 Å². The molecule has 1 amide bonds. The lowest BCUT2D eigenvalue weighted by Crippen LogP contribution is -2.35. The Morgan fingerprint density at radius 1 is 1.78 bits per heavy atom. The third-order valence-electron chi connectivity index (χ3n) is 1.88. The van der Waals surface area contributed by atoms with Crippen molar-refractivity contribution < 1.29 is 4.79 Å². The van der Waals surface area contributed by atoms with Crippen LogP contribution in [-0.4, -0.2) is 5.91 Å². The molecule has 1 fully saturated rings. The molecule has 1 aliphatic carbocycles. The molecule has 1 saturated carbocycles. The monoisotopic (exact) mass is 128 g/mol. The van der Waals surface area contributed by atoms with Gasteiger partial charge in [-0.1, -0.05) is 6.92 Å². The number of nitrogens with one attached hydrogen (secondary N) is 1. The summed E-state index contributed by atoms with van der Waals surface area (Å²) in [5.74, 6) is 5.63. The number of amides is 1. The number of hydrogen-bond acceptors (Lipinski definition) is 2. The molecule has 0 aliphatic heterocycles. The van der Waals surface area contributed by atoms with Gasteiger partial charge in [-0.2, -0.15) is 0 Å². The molecule has 3 N–H and O–H groups in total. The molecule has 3 heteroatoms. The molecule has 1 atom stereocenters. The fourth-order valence-corrected chi connectivity index (χ4v) is 0.942. The maximum atomic E-state index is 10.8. The van der Waals surface area contributed by atoms with Crippen LogP contribution in [0.25, 0.3) is 0 Å². The second-order valence-corrected chi connectivity index (χ2v) is 2.63. The molecule has 0 heterocycles. The quantitative estimate of drug-likeness (QED) is 0.313. The lowest BCUT2D eigenvalue weighted by Gasteiger charge is -2.05. The van der Waals surface area contributed by atoms with E-state index in [-0.39, 0.29) is 11.8 Å². The van der Waals surface area contributed by atoms with Gasteiger partial charge in [-0.25, -0.2) is 5.84 Å². The highest BCUT2D eigenvalue weighted by atomic mass is 16.2. The van der Waals surface area contributed by atoms with Gasteiger partial charge in [0.25, 0.3) is 0 Å². The molecule has 0 spiro atoms. The summed E-state index contributed by atoms with van der Waals surface area (Å²) in [6.45, 7) is 1.92. The highest BCUT2D eigenvalue weighted by Crippen LogP contribution is 2.36. The van der Waals surface area contributed by atoms with E-state index in [0.29, 0.717) is 5.92 Å². The summed E-state index contributed by atoms with van der Waals surface area (Å²) in [4.78, 5) is 10.8. The van der Waals surface area contributed by atoms with Crippen LogP contribution in [0.2, 0.25) is 0 Å². The summed E-state index contributed by atoms with van der Waals surface area (Å²) in [7, 11) is 0. The molecular formula is C6H12N2O. The molecule has 0 aromatic rings. The van der Waals surface area contributed by atoms with Crippen LogP contribution in [0.1, 0.15) is 19.8 Å². The van der Waals surface area contributed by atoms with Gasteiger partial charge in [-0.3, -0.25) is 10.2 Å². The zero-order valence-electron chi connectivity index (χ0n) is 5.55. The summed E-state index contributed by atoms with van der Waals surface area (Å²) in [6, 6.07) is 0. The standard InChI is InChI=1S/C6H12N2O/c1-4(5-2-3-5)6(9)8-7/h4-5H,2-3,7H2,1H3,(H,8,9). The SMILES string of the molecule is CC(C(=O)NN)C1CC1. The van der Waals surface area contributed by atoms with E-state index in [1.165, 1.54) is 12.8 Å². The first kappa shape index (κ1) is 6.55. The van der Waals surface area contributed by atoms with Crippen LogP contribution in [0.4, 0.5) is 0 Å². The minimum atomic E-state index is -0.0301. The molecular weight excluding hydrogens is 116 g/mol. The average Bonchev–Trinajstić information content (AvgIpc) is 2.66. The molecule has 0 aromatic carbocycles.